The number of hydrogen-bond donors (Lipinski definition) is 3. The van der Waals surface area contributed by atoms with Gasteiger partial charge < -0.3 is 9.84 Å². The van der Waals surface area contributed by atoms with Crippen molar-refractivity contribution in [1.29, 1.82) is 0 Å². The van der Waals surface area contributed by atoms with E-state index in [-0.39, 0.29) is 24.5 Å². The average Bonchev–Trinajstić information content (AvgIpc) is 2.57. The summed E-state index contributed by atoms with van der Waals surface area (Å²) in [5.74, 6) is 0.865. The van der Waals surface area contributed by atoms with Gasteiger partial charge in [0.1, 0.15) is 5.75 Å². The fourth-order valence-corrected chi connectivity index (χ4v) is 2.41. The molecule has 25 heavy (non-hydrogen) atoms. The molecule has 0 atom stereocenters. The normalized spacial score (nSPS) is 11.0. The van der Waals surface area contributed by atoms with Crippen molar-refractivity contribution in [3.63, 3.8) is 0 Å². The van der Waals surface area contributed by atoms with Crippen LogP contribution in [0.15, 0.2) is 28.1 Å². The molecular weight excluding hydrogens is 344 g/mol. The Bertz CT molecular complexity index is 805. The number of aliphatic hydroxyl groups excluding tert-OH is 1. The zero-order valence-corrected chi connectivity index (χ0v) is 14.9. The van der Waals surface area contributed by atoms with Gasteiger partial charge in [-0.15, -0.1) is 0 Å². The highest BCUT2D eigenvalue weighted by Gasteiger charge is 2.07. The van der Waals surface area contributed by atoms with Crippen molar-refractivity contribution in [1.82, 2.24) is 9.97 Å². The lowest BCUT2D eigenvalue weighted by Crippen LogP contribution is -2.19. The number of rotatable bonds is 8. The quantitative estimate of drug-likeness (QED) is 0.493. The summed E-state index contributed by atoms with van der Waals surface area (Å²) in [7, 11) is 0. The second kappa shape index (κ2) is 9.19. The molecule has 0 radical (unpaired) electrons. The fourth-order valence-electron chi connectivity index (χ4n) is 2.16. The fraction of sp³-hybridized carbons (Fsp3) is 0.353. The highest BCUT2D eigenvalue weighted by Crippen LogP contribution is 2.25. The molecule has 3 N–H and O–H groups in total. The summed E-state index contributed by atoms with van der Waals surface area (Å²) in [5, 5.41) is 13.5. The van der Waals surface area contributed by atoms with Crippen LogP contribution in [-0.4, -0.2) is 34.5 Å². The zero-order valence-electron chi connectivity index (χ0n) is 14.2. The maximum Gasteiger partial charge on any atom is 0.255 e. The number of aromatic amines is 1. The Labute approximate surface area is 150 Å². The van der Waals surface area contributed by atoms with Crippen LogP contribution in [0.2, 0.25) is 5.02 Å². The van der Waals surface area contributed by atoms with Crippen LogP contribution in [0.1, 0.15) is 30.2 Å². The number of ether oxygens (including phenoxy) is 1. The first kappa shape index (κ1) is 19.0. The number of aliphatic hydroxyl groups is 1. The number of nitrogens with one attached hydrogen (secondary N) is 2. The smallest absolute Gasteiger partial charge is 0.255 e. The Morgan fingerprint density at radius 2 is 2.28 bits per heavy atom. The van der Waals surface area contributed by atoms with Crippen LogP contribution in [-0.2, 0) is 6.42 Å². The highest BCUT2D eigenvalue weighted by molar-refractivity contribution is 6.32. The molecule has 134 valence electrons. The number of aryl methyl sites for hydroxylation is 1. The molecule has 1 aromatic carbocycles. The average molecular weight is 365 g/mol. The van der Waals surface area contributed by atoms with E-state index in [0.29, 0.717) is 28.6 Å². The molecule has 2 aromatic rings. The number of halogens is 1. The van der Waals surface area contributed by atoms with Crippen molar-refractivity contribution in [2.75, 3.05) is 18.6 Å². The minimum Gasteiger partial charge on any atom is -0.492 e. The SMILES string of the molecule is CCCOc1ccc(/C=N\Nc2nc(C)c(CCO)c(=O)[nH]2)cc1Cl. The lowest BCUT2D eigenvalue weighted by Gasteiger charge is -2.07. The summed E-state index contributed by atoms with van der Waals surface area (Å²) in [4.78, 5) is 18.7. The standard InChI is InChI=1S/C17H21ClN4O3/c1-3-8-25-15-5-4-12(9-14(15)18)10-19-22-17-20-11(2)13(6-7-23)16(24)21-17/h4-5,9-10,23H,3,6-8H2,1-2H3,(H2,20,21,22,24)/b19-10-. The van der Waals surface area contributed by atoms with Crippen LogP contribution in [0.5, 0.6) is 5.75 Å². The third kappa shape index (κ3) is 5.30. The van der Waals surface area contributed by atoms with E-state index in [4.69, 9.17) is 21.4 Å². The molecule has 0 spiro atoms. The Morgan fingerprint density at radius 1 is 1.48 bits per heavy atom. The van der Waals surface area contributed by atoms with E-state index >= 15 is 0 Å². The van der Waals surface area contributed by atoms with Crippen molar-refractivity contribution in [3.8, 4) is 5.75 Å². The van der Waals surface area contributed by atoms with Gasteiger partial charge in [-0.1, -0.05) is 18.5 Å². The van der Waals surface area contributed by atoms with Gasteiger partial charge in [0.05, 0.1) is 23.5 Å². The summed E-state index contributed by atoms with van der Waals surface area (Å²) >= 11 is 6.16. The van der Waals surface area contributed by atoms with Gasteiger partial charge >= 0.3 is 0 Å². The molecular formula is C17H21ClN4O3. The Balaban J connectivity index is 2.06. The van der Waals surface area contributed by atoms with Crippen molar-refractivity contribution in [2.24, 2.45) is 5.10 Å². The summed E-state index contributed by atoms with van der Waals surface area (Å²) in [6, 6.07) is 5.35. The van der Waals surface area contributed by atoms with E-state index < -0.39 is 0 Å². The Kier molecular flexibility index (Phi) is 6.97. The highest BCUT2D eigenvalue weighted by atomic mass is 35.5. The van der Waals surface area contributed by atoms with Crippen LogP contribution < -0.4 is 15.7 Å². The number of H-pyrrole nitrogens is 1. The number of anilines is 1. The molecule has 0 bridgehead atoms. The van der Waals surface area contributed by atoms with Gasteiger partial charge in [-0.3, -0.25) is 9.78 Å². The van der Waals surface area contributed by atoms with Crippen LogP contribution in [0.3, 0.4) is 0 Å². The molecule has 8 heteroatoms. The summed E-state index contributed by atoms with van der Waals surface area (Å²) in [6.45, 7) is 4.25. The first-order chi connectivity index (χ1) is 12.0. The van der Waals surface area contributed by atoms with E-state index in [1.165, 1.54) is 0 Å². The Hall–Kier alpha value is -2.38. The zero-order chi connectivity index (χ0) is 18.2. The molecule has 0 saturated heterocycles. The number of hydrazone groups is 1. The number of hydrogen-bond acceptors (Lipinski definition) is 6. The third-order valence-corrected chi connectivity index (χ3v) is 3.68. The second-order valence-corrected chi connectivity index (χ2v) is 5.77. The van der Waals surface area contributed by atoms with Crippen LogP contribution in [0, 0.1) is 6.92 Å². The number of aromatic nitrogens is 2. The summed E-state index contributed by atoms with van der Waals surface area (Å²) in [6.07, 6.45) is 2.74. The molecule has 0 amide bonds. The molecule has 1 heterocycles. The van der Waals surface area contributed by atoms with E-state index in [2.05, 4.69) is 20.5 Å². The number of benzene rings is 1. The van der Waals surface area contributed by atoms with Crippen LogP contribution in [0.25, 0.3) is 0 Å². The Morgan fingerprint density at radius 3 is 2.92 bits per heavy atom. The maximum absolute atomic E-state index is 11.9. The third-order valence-electron chi connectivity index (χ3n) is 3.39. The predicted octanol–water partition coefficient (Wildman–Crippen LogP) is 2.50. The first-order valence-electron chi connectivity index (χ1n) is 7.97. The van der Waals surface area contributed by atoms with Gasteiger partial charge in [-0.25, -0.2) is 10.4 Å². The van der Waals surface area contributed by atoms with Crippen LogP contribution >= 0.6 is 11.6 Å². The maximum atomic E-state index is 11.9. The minimum atomic E-state index is -0.292. The minimum absolute atomic E-state index is 0.102. The molecule has 0 aliphatic carbocycles. The van der Waals surface area contributed by atoms with Gasteiger partial charge in [0.15, 0.2) is 0 Å². The molecule has 7 nitrogen and oxygen atoms in total. The lowest BCUT2D eigenvalue weighted by atomic mass is 10.2. The van der Waals surface area contributed by atoms with Gasteiger partial charge in [0, 0.05) is 18.6 Å². The van der Waals surface area contributed by atoms with E-state index in [1.54, 1.807) is 25.3 Å². The lowest BCUT2D eigenvalue weighted by molar-refractivity contribution is 0.298. The van der Waals surface area contributed by atoms with Gasteiger partial charge in [-0.05, 0) is 37.1 Å². The molecule has 0 aliphatic rings. The van der Waals surface area contributed by atoms with E-state index in [0.717, 1.165) is 12.0 Å². The molecule has 2 rings (SSSR count). The largest absolute Gasteiger partial charge is 0.492 e. The van der Waals surface area contributed by atoms with Crippen molar-refractivity contribution >= 4 is 23.8 Å². The second-order valence-electron chi connectivity index (χ2n) is 5.36. The van der Waals surface area contributed by atoms with Gasteiger partial charge in [0.2, 0.25) is 5.95 Å². The topological polar surface area (TPSA) is 99.6 Å². The first-order valence-corrected chi connectivity index (χ1v) is 8.35. The summed E-state index contributed by atoms with van der Waals surface area (Å²) in [5.41, 5.74) is 4.18. The molecule has 1 aromatic heterocycles. The monoisotopic (exact) mass is 364 g/mol. The van der Waals surface area contributed by atoms with Crippen molar-refractivity contribution < 1.29 is 9.84 Å². The van der Waals surface area contributed by atoms with Crippen LogP contribution in [0.4, 0.5) is 5.95 Å². The summed E-state index contributed by atoms with van der Waals surface area (Å²) < 4.78 is 5.51. The molecule has 0 aliphatic heterocycles. The van der Waals surface area contributed by atoms with Crippen molar-refractivity contribution in [3.05, 3.63) is 50.4 Å². The van der Waals surface area contributed by atoms with E-state index in [1.807, 2.05) is 13.0 Å². The van der Waals surface area contributed by atoms with E-state index in [9.17, 15) is 4.79 Å². The molecule has 0 fully saturated rings. The van der Waals surface area contributed by atoms with Gasteiger partial charge in [-0.2, -0.15) is 5.10 Å². The van der Waals surface area contributed by atoms with Gasteiger partial charge in [0.25, 0.3) is 5.56 Å². The molecule has 0 unspecified atom stereocenters. The predicted molar refractivity (Wildman–Crippen MR) is 98.8 cm³/mol. The molecule has 0 saturated carbocycles. The van der Waals surface area contributed by atoms with Crippen molar-refractivity contribution in [2.45, 2.75) is 26.7 Å². The number of nitrogens with zero attached hydrogens (tertiary/aromatic N) is 2.